The number of ether oxygens (including phenoxy) is 1. The normalized spacial score (nSPS) is 18.8. The van der Waals surface area contributed by atoms with E-state index in [-0.39, 0.29) is 18.4 Å². The topological polar surface area (TPSA) is 99.2 Å². The first-order chi connectivity index (χ1) is 20.6. The van der Waals surface area contributed by atoms with Crippen molar-refractivity contribution in [2.75, 3.05) is 23.3 Å². The molecule has 0 unspecified atom stereocenters. The quantitative estimate of drug-likeness (QED) is 0.318. The number of nitrogens with one attached hydrogen (secondary N) is 1. The largest absolute Gasteiger partial charge is 0.481 e. The Morgan fingerprint density at radius 1 is 0.884 bits per heavy atom. The Morgan fingerprint density at radius 3 is 2.21 bits per heavy atom. The lowest BCUT2D eigenvalue weighted by molar-refractivity contribution is -0.138. The van der Waals surface area contributed by atoms with Crippen LogP contribution in [0.15, 0.2) is 72.8 Å². The van der Waals surface area contributed by atoms with Gasteiger partial charge >= 0.3 is 18.1 Å². The zero-order chi connectivity index (χ0) is 30.6. The van der Waals surface area contributed by atoms with Crippen LogP contribution in [-0.4, -0.2) is 46.8 Å². The third-order valence-electron chi connectivity index (χ3n) is 8.27. The minimum absolute atomic E-state index is 0.256. The number of urea groups is 1. The Kier molecular flexibility index (Phi) is 9.04. The summed E-state index contributed by atoms with van der Waals surface area (Å²) in [5.74, 6) is 0.0233. The van der Waals surface area contributed by atoms with E-state index < -0.39 is 17.7 Å². The van der Waals surface area contributed by atoms with Crippen molar-refractivity contribution in [1.29, 1.82) is 0 Å². The molecule has 226 valence electrons. The fraction of sp³-hybridized carbons (Fsp3) is 0.400. The van der Waals surface area contributed by atoms with Crippen LogP contribution in [0.25, 0.3) is 11.1 Å². The lowest BCUT2D eigenvalue weighted by atomic mass is 9.77. The average Bonchev–Trinajstić information content (AvgIpc) is 3.17. The van der Waals surface area contributed by atoms with Gasteiger partial charge in [-0.05, 0) is 105 Å². The monoisotopic (exact) mass is 583 g/mol. The van der Waals surface area contributed by atoms with E-state index in [0.717, 1.165) is 48.1 Å². The Balaban J connectivity index is 1.38. The number of carbonyl (C=O) groups is 3. The number of aliphatic carboxylic acids is 1. The highest BCUT2D eigenvalue weighted by Crippen LogP contribution is 2.38. The maximum Gasteiger partial charge on any atom is 0.410 e. The van der Waals surface area contributed by atoms with E-state index in [1.54, 1.807) is 9.80 Å². The van der Waals surface area contributed by atoms with Crippen LogP contribution in [0.4, 0.5) is 21.0 Å². The molecular formula is C35H41N3O5. The van der Waals surface area contributed by atoms with Gasteiger partial charge in [0.1, 0.15) is 5.60 Å². The van der Waals surface area contributed by atoms with E-state index in [4.69, 9.17) is 9.84 Å². The Morgan fingerprint density at radius 2 is 1.56 bits per heavy atom. The molecule has 8 nitrogen and oxygen atoms in total. The van der Waals surface area contributed by atoms with Gasteiger partial charge in [-0.1, -0.05) is 48.5 Å². The number of fused-ring (bicyclic) bond motifs is 1. The van der Waals surface area contributed by atoms with E-state index >= 15 is 0 Å². The maximum atomic E-state index is 13.5. The van der Waals surface area contributed by atoms with E-state index in [1.165, 1.54) is 5.56 Å². The Hall–Kier alpha value is -4.33. The molecule has 1 saturated carbocycles. The number of carbonyl (C=O) groups excluding carboxylic acids is 2. The van der Waals surface area contributed by atoms with Crippen molar-refractivity contribution >= 4 is 29.5 Å². The molecule has 3 aromatic carbocycles. The molecule has 0 spiro atoms. The Bertz CT molecular complexity index is 1440. The van der Waals surface area contributed by atoms with Crippen LogP contribution in [0.5, 0.6) is 0 Å². The number of anilines is 2. The second-order valence-corrected chi connectivity index (χ2v) is 12.6. The molecule has 3 aromatic rings. The maximum absolute atomic E-state index is 13.5. The van der Waals surface area contributed by atoms with Crippen LogP contribution in [0.3, 0.4) is 0 Å². The number of rotatable bonds is 5. The number of amides is 3. The highest BCUT2D eigenvalue weighted by atomic mass is 16.6. The second kappa shape index (κ2) is 12.9. The van der Waals surface area contributed by atoms with Crippen molar-refractivity contribution in [3.05, 3.63) is 83.9 Å². The standard InChI is InChI=1S/C35H41N3O5/c1-35(2,3)43-34(42)37-19-20-38(33(41)36-30-7-5-4-6-8-30)31-18-17-28(22-29(31)23-37)27-15-13-26(14-16-27)25-11-9-24(10-12-25)21-32(39)40/h4-8,13-18,22,24-25H,9-12,19-21,23H2,1-3H3,(H,36,41)(H,39,40). The summed E-state index contributed by atoms with van der Waals surface area (Å²) < 4.78 is 5.69. The predicted octanol–water partition coefficient (Wildman–Crippen LogP) is 7.89. The van der Waals surface area contributed by atoms with Crippen LogP contribution in [0.2, 0.25) is 0 Å². The van der Waals surface area contributed by atoms with Crippen molar-refractivity contribution in [3.8, 4) is 11.1 Å². The summed E-state index contributed by atoms with van der Waals surface area (Å²) in [5, 5.41) is 12.1. The molecule has 0 aromatic heterocycles. The van der Waals surface area contributed by atoms with Crippen molar-refractivity contribution in [2.45, 2.75) is 70.9 Å². The molecule has 0 saturated heterocycles. The van der Waals surface area contributed by atoms with E-state index in [2.05, 4.69) is 35.6 Å². The Labute approximate surface area is 253 Å². The number of nitrogens with zero attached hydrogens (tertiary/aromatic N) is 2. The molecule has 43 heavy (non-hydrogen) atoms. The lowest BCUT2D eigenvalue weighted by Gasteiger charge is -2.28. The smallest absolute Gasteiger partial charge is 0.410 e. The lowest BCUT2D eigenvalue weighted by Crippen LogP contribution is -2.41. The zero-order valence-corrected chi connectivity index (χ0v) is 25.2. The molecule has 0 radical (unpaired) electrons. The second-order valence-electron chi connectivity index (χ2n) is 12.6. The molecule has 1 aliphatic heterocycles. The van der Waals surface area contributed by atoms with E-state index in [0.29, 0.717) is 31.2 Å². The number of carboxylic acids is 1. The number of para-hydroxylation sites is 1. The van der Waals surface area contributed by atoms with Crippen LogP contribution < -0.4 is 10.2 Å². The zero-order valence-electron chi connectivity index (χ0n) is 25.2. The summed E-state index contributed by atoms with van der Waals surface area (Å²) in [6.07, 6.45) is 3.78. The first-order valence-electron chi connectivity index (χ1n) is 15.1. The molecule has 3 amide bonds. The third kappa shape index (κ3) is 7.74. The van der Waals surface area contributed by atoms with Crippen molar-refractivity contribution in [2.24, 2.45) is 5.92 Å². The van der Waals surface area contributed by atoms with Gasteiger partial charge in [0.15, 0.2) is 0 Å². The molecule has 0 atom stereocenters. The van der Waals surface area contributed by atoms with Gasteiger partial charge in [-0.3, -0.25) is 9.69 Å². The van der Waals surface area contributed by atoms with E-state index in [1.807, 2.05) is 63.2 Å². The van der Waals surface area contributed by atoms with Gasteiger partial charge in [0.25, 0.3) is 0 Å². The predicted molar refractivity (Wildman–Crippen MR) is 168 cm³/mol. The average molecular weight is 584 g/mol. The fourth-order valence-electron chi connectivity index (χ4n) is 6.08. The van der Waals surface area contributed by atoms with Crippen LogP contribution in [0.1, 0.15) is 69.9 Å². The van der Waals surface area contributed by atoms with Crippen molar-refractivity contribution < 1.29 is 24.2 Å². The highest BCUT2D eigenvalue weighted by Gasteiger charge is 2.30. The molecule has 0 bridgehead atoms. The van der Waals surface area contributed by atoms with Gasteiger partial charge in [-0.2, -0.15) is 0 Å². The summed E-state index contributed by atoms with van der Waals surface area (Å²) in [6, 6.07) is 23.7. The first-order valence-corrected chi connectivity index (χ1v) is 15.1. The van der Waals surface area contributed by atoms with Gasteiger partial charge in [-0.15, -0.1) is 0 Å². The van der Waals surface area contributed by atoms with Gasteiger partial charge in [0.05, 0.1) is 12.2 Å². The summed E-state index contributed by atoms with van der Waals surface area (Å²) >= 11 is 0. The van der Waals surface area contributed by atoms with Crippen LogP contribution >= 0.6 is 0 Å². The summed E-state index contributed by atoms with van der Waals surface area (Å²) in [5.41, 5.74) is 5.05. The van der Waals surface area contributed by atoms with E-state index in [9.17, 15) is 14.4 Å². The van der Waals surface area contributed by atoms with Gasteiger partial charge in [0.2, 0.25) is 0 Å². The molecule has 8 heteroatoms. The summed E-state index contributed by atoms with van der Waals surface area (Å²) in [4.78, 5) is 41.0. The summed E-state index contributed by atoms with van der Waals surface area (Å²) in [7, 11) is 0. The van der Waals surface area contributed by atoms with Gasteiger partial charge < -0.3 is 20.1 Å². The molecule has 5 rings (SSSR count). The summed E-state index contributed by atoms with van der Waals surface area (Å²) in [6.45, 7) is 6.53. The molecule has 2 aliphatic rings. The van der Waals surface area contributed by atoms with Crippen molar-refractivity contribution in [1.82, 2.24) is 4.90 Å². The highest BCUT2D eigenvalue weighted by molar-refractivity contribution is 6.02. The molecule has 1 fully saturated rings. The molecule has 2 N–H and O–H groups in total. The molecule has 1 aliphatic carbocycles. The number of hydrogen-bond donors (Lipinski definition) is 2. The SMILES string of the molecule is CC(C)(C)OC(=O)N1CCN(C(=O)Nc2ccccc2)c2ccc(-c3ccc(C4CCC(CC(=O)O)CC4)cc3)cc2C1. The van der Waals surface area contributed by atoms with Gasteiger partial charge in [-0.25, -0.2) is 9.59 Å². The molecular weight excluding hydrogens is 542 g/mol. The minimum atomic E-state index is -0.706. The van der Waals surface area contributed by atoms with Crippen LogP contribution in [-0.2, 0) is 16.1 Å². The number of hydrogen-bond acceptors (Lipinski definition) is 4. The third-order valence-corrected chi connectivity index (χ3v) is 8.27. The van der Waals surface area contributed by atoms with Crippen LogP contribution in [0, 0.1) is 5.92 Å². The first kappa shape index (κ1) is 30.1. The number of carboxylic acid groups (broad SMARTS) is 1. The van der Waals surface area contributed by atoms with Gasteiger partial charge in [0, 0.05) is 25.2 Å². The fourth-order valence-corrected chi connectivity index (χ4v) is 6.08. The minimum Gasteiger partial charge on any atom is -0.481 e. The van der Waals surface area contributed by atoms with Crippen molar-refractivity contribution in [3.63, 3.8) is 0 Å². The molecule has 1 heterocycles. The number of benzene rings is 3.